The van der Waals surface area contributed by atoms with E-state index in [1.807, 2.05) is 36.4 Å². The van der Waals surface area contributed by atoms with Crippen molar-refractivity contribution in [1.29, 1.82) is 0 Å². The van der Waals surface area contributed by atoms with Crippen molar-refractivity contribution in [1.82, 2.24) is 0 Å². The Hall–Kier alpha value is -1.67. The van der Waals surface area contributed by atoms with E-state index in [-0.39, 0.29) is 5.78 Å². The number of ketones is 1. The van der Waals surface area contributed by atoms with Gasteiger partial charge in [-0.3, -0.25) is 4.79 Å². The minimum Gasteiger partial charge on any atom is -0.294 e. The fourth-order valence-electron chi connectivity index (χ4n) is 2.65. The van der Waals surface area contributed by atoms with Gasteiger partial charge in [-0.2, -0.15) is 0 Å². The van der Waals surface area contributed by atoms with Crippen LogP contribution in [0.3, 0.4) is 0 Å². The SMILES string of the molecule is O=C(CCCBr)c1cc2ccccc2c2ccccc12. The lowest BCUT2D eigenvalue weighted by Crippen LogP contribution is -2.00. The number of hydrogen-bond acceptors (Lipinski definition) is 1. The number of hydrogen-bond donors (Lipinski definition) is 0. The van der Waals surface area contributed by atoms with Gasteiger partial charge in [0.15, 0.2) is 5.78 Å². The largest absolute Gasteiger partial charge is 0.294 e. The molecule has 0 fully saturated rings. The molecule has 1 nitrogen and oxygen atoms in total. The summed E-state index contributed by atoms with van der Waals surface area (Å²) in [6, 6.07) is 18.5. The van der Waals surface area contributed by atoms with Crippen molar-refractivity contribution >= 4 is 43.3 Å². The molecule has 0 spiro atoms. The van der Waals surface area contributed by atoms with Crippen LogP contribution in [0, 0.1) is 0 Å². The van der Waals surface area contributed by atoms with Crippen molar-refractivity contribution in [2.24, 2.45) is 0 Å². The Morgan fingerprint density at radius 2 is 1.55 bits per heavy atom. The van der Waals surface area contributed by atoms with Gasteiger partial charge in [0.25, 0.3) is 0 Å². The summed E-state index contributed by atoms with van der Waals surface area (Å²) >= 11 is 3.39. The zero-order valence-electron chi connectivity index (χ0n) is 11.1. The number of rotatable bonds is 4. The molecule has 0 aliphatic heterocycles. The van der Waals surface area contributed by atoms with Crippen LogP contribution in [0.2, 0.25) is 0 Å². The zero-order chi connectivity index (χ0) is 13.9. The molecule has 0 radical (unpaired) electrons. The summed E-state index contributed by atoms with van der Waals surface area (Å²) in [6.45, 7) is 0. The van der Waals surface area contributed by atoms with Crippen LogP contribution in [0.15, 0.2) is 54.6 Å². The van der Waals surface area contributed by atoms with Crippen LogP contribution in [0.5, 0.6) is 0 Å². The lowest BCUT2D eigenvalue weighted by molar-refractivity contribution is 0.0984. The van der Waals surface area contributed by atoms with Crippen LogP contribution < -0.4 is 0 Å². The Morgan fingerprint density at radius 1 is 0.900 bits per heavy atom. The molecule has 0 unspecified atom stereocenters. The van der Waals surface area contributed by atoms with Gasteiger partial charge in [0.1, 0.15) is 0 Å². The van der Waals surface area contributed by atoms with E-state index in [2.05, 4.69) is 34.1 Å². The molecule has 0 bridgehead atoms. The molecule has 20 heavy (non-hydrogen) atoms. The first kappa shape index (κ1) is 13.3. The van der Waals surface area contributed by atoms with E-state index in [1.54, 1.807) is 0 Å². The maximum absolute atomic E-state index is 12.4. The third kappa shape index (κ3) is 2.36. The highest BCUT2D eigenvalue weighted by Gasteiger charge is 2.12. The van der Waals surface area contributed by atoms with E-state index >= 15 is 0 Å². The number of Topliss-reactive ketones (excluding diaryl/α,β-unsaturated/α-hetero) is 1. The molecule has 0 atom stereocenters. The van der Waals surface area contributed by atoms with Crippen LogP contribution >= 0.6 is 15.9 Å². The number of carbonyl (C=O) groups is 1. The number of benzene rings is 3. The van der Waals surface area contributed by atoms with Gasteiger partial charge in [-0.25, -0.2) is 0 Å². The van der Waals surface area contributed by atoms with Gasteiger partial charge in [0, 0.05) is 17.3 Å². The van der Waals surface area contributed by atoms with E-state index in [4.69, 9.17) is 0 Å². The number of alkyl halides is 1. The zero-order valence-corrected chi connectivity index (χ0v) is 12.7. The summed E-state index contributed by atoms with van der Waals surface area (Å²) in [7, 11) is 0. The Balaban J connectivity index is 2.26. The average molecular weight is 327 g/mol. The second kappa shape index (κ2) is 5.76. The summed E-state index contributed by atoms with van der Waals surface area (Å²) in [4.78, 5) is 12.4. The highest BCUT2D eigenvalue weighted by molar-refractivity contribution is 9.09. The molecule has 0 N–H and O–H groups in total. The first-order valence-electron chi connectivity index (χ1n) is 6.81. The predicted molar refractivity (Wildman–Crippen MR) is 88.8 cm³/mol. The maximum atomic E-state index is 12.4. The third-order valence-corrected chi connectivity index (χ3v) is 4.17. The van der Waals surface area contributed by atoms with Crippen molar-refractivity contribution in [3.63, 3.8) is 0 Å². The number of carbonyl (C=O) groups excluding carboxylic acids is 1. The lowest BCUT2D eigenvalue weighted by atomic mass is 9.94. The van der Waals surface area contributed by atoms with Crippen molar-refractivity contribution in [2.75, 3.05) is 5.33 Å². The van der Waals surface area contributed by atoms with Crippen LogP contribution in [0.25, 0.3) is 21.5 Å². The molecular weight excluding hydrogens is 312 g/mol. The molecule has 2 heteroatoms. The second-order valence-electron chi connectivity index (χ2n) is 4.91. The molecule has 100 valence electrons. The van der Waals surface area contributed by atoms with E-state index < -0.39 is 0 Å². The Morgan fingerprint density at radius 3 is 2.30 bits per heavy atom. The fraction of sp³-hybridized carbons (Fsp3) is 0.167. The molecule has 0 heterocycles. The molecule has 3 rings (SSSR count). The van der Waals surface area contributed by atoms with E-state index in [0.29, 0.717) is 6.42 Å². The van der Waals surface area contributed by atoms with Gasteiger partial charge in [-0.15, -0.1) is 0 Å². The van der Waals surface area contributed by atoms with Gasteiger partial charge in [-0.05, 0) is 34.0 Å². The molecule has 0 saturated carbocycles. The lowest BCUT2D eigenvalue weighted by Gasteiger charge is -2.09. The summed E-state index contributed by atoms with van der Waals surface area (Å²) in [5, 5.41) is 5.43. The molecule has 3 aromatic carbocycles. The minimum absolute atomic E-state index is 0.228. The van der Waals surface area contributed by atoms with Crippen molar-refractivity contribution in [3.05, 3.63) is 60.2 Å². The first-order valence-corrected chi connectivity index (χ1v) is 7.93. The van der Waals surface area contributed by atoms with E-state index in [0.717, 1.165) is 33.5 Å². The number of fused-ring (bicyclic) bond motifs is 3. The van der Waals surface area contributed by atoms with Gasteiger partial charge < -0.3 is 0 Å². The smallest absolute Gasteiger partial charge is 0.163 e. The summed E-state index contributed by atoms with van der Waals surface area (Å²) in [5.74, 6) is 0.228. The molecule has 0 amide bonds. The Labute approximate surface area is 126 Å². The van der Waals surface area contributed by atoms with Gasteiger partial charge in [0.05, 0.1) is 0 Å². The quantitative estimate of drug-likeness (QED) is 0.359. The highest BCUT2D eigenvalue weighted by atomic mass is 79.9. The van der Waals surface area contributed by atoms with Crippen LogP contribution in [0.1, 0.15) is 23.2 Å². The molecule has 0 aromatic heterocycles. The fourth-order valence-corrected chi connectivity index (χ4v) is 2.93. The molecular formula is C18H15BrO. The standard InChI is InChI=1S/C18H15BrO/c19-11-5-10-18(20)17-12-13-6-1-2-7-14(13)15-8-3-4-9-16(15)17/h1-4,6-9,12H,5,10-11H2. The second-order valence-corrected chi connectivity index (χ2v) is 5.70. The summed E-state index contributed by atoms with van der Waals surface area (Å²) in [5.41, 5.74) is 0.847. The summed E-state index contributed by atoms with van der Waals surface area (Å²) < 4.78 is 0. The molecule has 0 aliphatic rings. The van der Waals surface area contributed by atoms with E-state index in [9.17, 15) is 4.79 Å². The van der Waals surface area contributed by atoms with Crippen LogP contribution in [0.4, 0.5) is 0 Å². The molecule has 0 aliphatic carbocycles. The molecule has 3 aromatic rings. The maximum Gasteiger partial charge on any atom is 0.163 e. The van der Waals surface area contributed by atoms with Crippen molar-refractivity contribution < 1.29 is 4.79 Å². The minimum atomic E-state index is 0.228. The van der Waals surface area contributed by atoms with Crippen molar-refractivity contribution in [3.8, 4) is 0 Å². The van der Waals surface area contributed by atoms with Crippen LogP contribution in [-0.4, -0.2) is 11.1 Å². The van der Waals surface area contributed by atoms with Crippen LogP contribution in [-0.2, 0) is 0 Å². The van der Waals surface area contributed by atoms with E-state index in [1.165, 1.54) is 5.39 Å². The Bertz CT molecular complexity index is 777. The highest BCUT2D eigenvalue weighted by Crippen LogP contribution is 2.29. The summed E-state index contributed by atoms with van der Waals surface area (Å²) in [6.07, 6.45) is 1.47. The van der Waals surface area contributed by atoms with Gasteiger partial charge in [-0.1, -0.05) is 64.5 Å². The first-order chi connectivity index (χ1) is 9.81. The monoisotopic (exact) mass is 326 g/mol. The average Bonchev–Trinajstić information content (AvgIpc) is 2.52. The van der Waals surface area contributed by atoms with Gasteiger partial charge >= 0.3 is 0 Å². The predicted octanol–water partition coefficient (Wildman–Crippen LogP) is 5.35. The van der Waals surface area contributed by atoms with Gasteiger partial charge in [0.2, 0.25) is 0 Å². The Kier molecular flexibility index (Phi) is 3.83. The van der Waals surface area contributed by atoms with Crippen molar-refractivity contribution in [2.45, 2.75) is 12.8 Å². The number of halogens is 1. The normalized spacial score (nSPS) is 11.1. The molecule has 0 saturated heterocycles. The topological polar surface area (TPSA) is 17.1 Å². The third-order valence-electron chi connectivity index (χ3n) is 3.61.